The summed E-state index contributed by atoms with van der Waals surface area (Å²) in [5.74, 6) is 2.49. The van der Waals surface area contributed by atoms with Gasteiger partial charge in [-0.15, -0.1) is 0 Å². The number of hydrogen-bond donors (Lipinski definition) is 0. The first-order chi connectivity index (χ1) is 29.4. The van der Waals surface area contributed by atoms with Gasteiger partial charge in [-0.05, 0) is 70.8 Å². The van der Waals surface area contributed by atoms with Crippen molar-refractivity contribution >= 4 is 29.2 Å². The minimum Gasteiger partial charge on any atom is -0.497 e. The van der Waals surface area contributed by atoms with Gasteiger partial charge in [-0.3, -0.25) is 9.80 Å². The lowest BCUT2D eigenvalue weighted by Crippen LogP contribution is -2.31. The molecule has 0 aliphatic carbocycles. The maximum absolute atomic E-state index is 13.5. The SMILES string of the molecule is COc1cccc(CN(Cc2ccc(N(C)C)cc2)C(=O)OCCOc2cc(OCCOC(=O)N(Cc3ccc(N(C)C)cc3)Cc3cccc(OC)c3)cc(N(C)C)c2)c1. The Morgan fingerprint density at radius 2 is 0.787 bits per heavy atom. The third kappa shape index (κ3) is 14.2. The number of carbonyl (C=O) groups excluding carboxylic acids is 2. The number of carbonyl (C=O) groups is 2. The Labute approximate surface area is 360 Å². The van der Waals surface area contributed by atoms with Gasteiger partial charge < -0.3 is 43.1 Å². The zero-order chi connectivity index (χ0) is 43.7. The van der Waals surface area contributed by atoms with Crippen LogP contribution in [0.3, 0.4) is 0 Å². The molecule has 0 aliphatic rings. The van der Waals surface area contributed by atoms with Crippen LogP contribution in [0.2, 0.25) is 0 Å². The molecular formula is C48H59N5O8. The summed E-state index contributed by atoms with van der Waals surface area (Å²) in [5.41, 5.74) is 6.76. The van der Waals surface area contributed by atoms with Crippen LogP contribution >= 0.6 is 0 Å². The normalized spacial score (nSPS) is 10.6. The second-order valence-corrected chi connectivity index (χ2v) is 15.0. The molecule has 0 saturated heterocycles. The predicted molar refractivity (Wildman–Crippen MR) is 240 cm³/mol. The molecule has 0 bridgehead atoms. The van der Waals surface area contributed by atoms with Gasteiger partial charge in [-0.1, -0.05) is 48.5 Å². The minimum atomic E-state index is -0.465. The molecule has 0 unspecified atom stereocenters. The third-order valence-electron chi connectivity index (χ3n) is 9.72. The van der Waals surface area contributed by atoms with Crippen LogP contribution in [0.5, 0.6) is 23.0 Å². The van der Waals surface area contributed by atoms with E-state index in [9.17, 15) is 9.59 Å². The van der Waals surface area contributed by atoms with Crippen molar-refractivity contribution in [2.75, 3.05) is 97.6 Å². The molecule has 2 amide bonds. The molecule has 13 heteroatoms. The largest absolute Gasteiger partial charge is 0.497 e. The van der Waals surface area contributed by atoms with Gasteiger partial charge in [0.2, 0.25) is 0 Å². The molecule has 0 saturated carbocycles. The Hall–Kier alpha value is -6.76. The average molecular weight is 834 g/mol. The van der Waals surface area contributed by atoms with Crippen LogP contribution in [0.4, 0.5) is 26.7 Å². The number of amides is 2. The van der Waals surface area contributed by atoms with Gasteiger partial charge in [0.1, 0.15) is 49.4 Å². The Kier molecular flexibility index (Phi) is 16.8. The van der Waals surface area contributed by atoms with Crippen molar-refractivity contribution in [1.29, 1.82) is 0 Å². The Balaban J connectivity index is 1.17. The highest BCUT2D eigenvalue weighted by Gasteiger charge is 2.19. The Morgan fingerprint density at radius 1 is 0.410 bits per heavy atom. The topological polar surface area (TPSA) is 106 Å². The van der Waals surface area contributed by atoms with Crippen molar-refractivity contribution in [2.24, 2.45) is 0 Å². The van der Waals surface area contributed by atoms with Gasteiger partial charge in [-0.25, -0.2) is 9.59 Å². The molecule has 5 aromatic rings. The molecule has 0 atom stereocenters. The van der Waals surface area contributed by atoms with Crippen molar-refractivity contribution in [3.8, 4) is 23.0 Å². The van der Waals surface area contributed by atoms with E-state index in [2.05, 4.69) is 0 Å². The number of anilines is 3. The molecule has 0 aromatic heterocycles. The fourth-order valence-electron chi connectivity index (χ4n) is 6.33. The highest BCUT2D eigenvalue weighted by Crippen LogP contribution is 2.28. The summed E-state index contributed by atoms with van der Waals surface area (Å²) in [5, 5.41) is 0. The van der Waals surface area contributed by atoms with Crippen molar-refractivity contribution in [1.82, 2.24) is 9.80 Å². The third-order valence-corrected chi connectivity index (χ3v) is 9.72. The lowest BCUT2D eigenvalue weighted by atomic mass is 10.1. The van der Waals surface area contributed by atoms with Crippen LogP contribution in [0, 0.1) is 0 Å². The van der Waals surface area contributed by atoms with E-state index in [4.69, 9.17) is 28.4 Å². The lowest BCUT2D eigenvalue weighted by molar-refractivity contribution is 0.0829. The monoisotopic (exact) mass is 833 g/mol. The van der Waals surface area contributed by atoms with E-state index in [1.54, 1.807) is 30.1 Å². The van der Waals surface area contributed by atoms with Crippen LogP contribution in [0.1, 0.15) is 22.3 Å². The highest BCUT2D eigenvalue weighted by molar-refractivity contribution is 5.68. The highest BCUT2D eigenvalue weighted by atomic mass is 16.6. The molecule has 0 fully saturated rings. The van der Waals surface area contributed by atoms with E-state index in [-0.39, 0.29) is 26.4 Å². The molecule has 0 spiro atoms. The first kappa shape index (κ1) is 45.3. The fourth-order valence-corrected chi connectivity index (χ4v) is 6.33. The van der Waals surface area contributed by atoms with Gasteiger partial charge in [0.05, 0.1) is 14.2 Å². The first-order valence-corrected chi connectivity index (χ1v) is 20.1. The molecular weight excluding hydrogens is 775 g/mol. The summed E-state index contributed by atoms with van der Waals surface area (Å²) < 4.78 is 34.4. The second kappa shape index (κ2) is 22.6. The fraction of sp³-hybridized carbons (Fsp3) is 0.333. The van der Waals surface area contributed by atoms with Gasteiger partial charge in [0.25, 0.3) is 0 Å². The molecule has 0 N–H and O–H groups in total. The van der Waals surface area contributed by atoms with Crippen LogP contribution in [0.15, 0.2) is 115 Å². The minimum absolute atomic E-state index is 0.0252. The molecule has 5 aromatic carbocycles. The van der Waals surface area contributed by atoms with Crippen molar-refractivity contribution in [3.63, 3.8) is 0 Å². The first-order valence-electron chi connectivity index (χ1n) is 20.1. The standard InChI is InChI=1S/C48H59N5O8/c1-49(2)40-19-15-36(16-20-40)32-52(34-38-11-9-13-43(27-38)56-7)47(54)60-25-23-58-45-29-42(51(5)6)30-46(31-45)59-24-26-61-48(55)53(35-39-12-10-14-44(28-39)57-8)33-37-17-21-41(22-18-37)50(3)4/h9-22,27-31H,23-26,32-35H2,1-8H3. The molecule has 0 radical (unpaired) electrons. The van der Waals surface area contributed by atoms with Gasteiger partial charge in [-0.2, -0.15) is 0 Å². The number of ether oxygens (including phenoxy) is 6. The van der Waals surface area contributed by atoms with E-state index in [0.717, 1.165) is 39.3 Å². The predicted octanol–water partition coefficient (Wildman–Crippen LogP) is 8.34. The number of benzene rings is 5. The number of nitrogens with zero attached hydrogens (tertiary/aromatic N) is 5. The van der Waals surface area contributed by atoms with Crippen molar-refractivity contribution < 1.29 is 38.0 Å². The van der Waals surface area contributed by atoms with Gasteiger partial charge in [0, 0.05) is 104 Å². The molecule has 0 heterocycles. The quantitative estimate of drug-likeness (QED) is 0.0667. The summed E-state index contributed by atoms with van der Waals surface area (Å²) in [6.45, 7) is 1.66. The summed E-state index contributed by atoms with van der Waals surface area (Å²) in [4.78, 5) is 36.3. The Morgan fingerprint density at radius 3 is 1.15 bits per heavy atom. The van der Waals surface area contributed by atoms with Crippen molar-refractivity contribution in [3.05, 3.63) is 138 Å². The average Bonchev–Trinajstić information content (AvgIpc) is 3.26. The van der Waals surface area contributed by atoms with E-state index >= 15 is 0 Å². The summed E-state index contributed by atoms with van der Waals surface area (Å²) in [6, 6.07) is 36.9. The zero-order valence-electron chi connectivity index (χ0n) is 36.6. The van der Waals surface area contributed by atoms with Crippen LogP contribution < -0.4 is 33.6 Å². The van der Waals surface area contributed by atoms with Gasteiger partial charge in [0.15, 0.2) is 0 Å². The molecule has 324 valence electrons. The Bertz CT molecular complexity index is 2000. The van der Waals surface area contributed by atoms with E-state index in [1.807, 2.05) is 166 Å². The maximum Gasteiger partial charge on any atom is 0.410 e. The summed E-state index contributed by atoms with van der Waals surface area (Å²) in [7, 11) is 15.0. The smallest absolute Gasteiger partial charge is 0.410 e. The molecule has 61 heavy (non-hydrogen) atoms. The molecule has 13 nitrogen and oxygen atoms in total. The van der Waals surface area contributed by atoms with Crippen LogP contribution in [0.25, 0.3) is 0 Å². The maximum atomic E-state index is 13.5. The molecule has 0 aliphatic heterocycles. The van der Waals surface area contributed by atoms with Crippen LogP contribution in [-0.2, 0) is 35.7 Å². The van der Waals surface area contributed by atoms with Gasteiger partial charge >= 0.3 is 12.2 Å². The number of rotatable bonds is 21. The second-order valence-electron chi connectivity index (χ2n) is 15.0. The molecule has 5 rings (SSSR count). The number of methoxy groups -OCH3 is 2. The summed E-state index contributed by atoms with van der Waals surface area (Å²) >= 11 is 0. The van der Waals surface area contributed by atoms with E-state index < -0.39 is 12.2 Å². The lowest BCUT2D eigenvalue weighted by Gasteiger charge is -2.23. The van der Waals surface area contributed by atoms with Crippen LogP contribution in [-0.4, -0.2) is 105 Å². The van der Waals surface area contributed by atoms with Crippen molar-refractivity contribution in [2.45, 2.75) is 26.2 Å². The zero-order valence-corrected chi connectivity index (χ0v) is 36.6. The number of hydrogen-bond acceptors (Lipinski definition) is 11. The van der Waals surface area contributed by atoms with E-state index in [0.29, 0.717) is 49.2 Å². The summed E-state index contributed by atoms with van der Waals surface area (Å²) in [6.07, 6.45) is -0.930. The van der Waals surface area contributed by atoms with E-state index in [1.165, 1.54) is 0 Å².